The Balaban J connectivity index is 3.00. The Bertz CT molecular complexity index is 551. The van der Waals surface area contributed by atoms with E-state index < -0.39 is 14.8 Å². The van der Waals surface area contributed by atoms with Gasteiger partial charge in [0.2, 0.25) is 10.0 Å². The van der Waals surface area contributed by atoms with Gasteiger partial charge < -0.3 is 5.73 Å². The summed E-state index contributed by atoms with van der Waals surface area (Å²) in [4.78, 5) is 4.32. The van der Waals surface area contributed by atoms with E-state index in [1.54, 1.807) is 39.2 Å². The molecule has 7 heteroatoms. The Kier molecular flexibility index (Phi) is 5.61. The molecule has 0 aromatic carbocycles. The van der Waals surface area contributed by atoms with E-state index in [-0.39, 0.29) is 13.1 Å². The van der Waals surface area contributed by atoms with Gasteiger partial charge in [-0.1, -0.05) is 18.3 Å². The van der Waals surface area contributed by atoms with Crippen molar-refractivity contribution < 1.29 is 8.42 Å². The highest BCUT2D eigenvalue weighted by Gasteiger charge is 2.35. The fourth-order valence-corrected chi connectivity index (χ4v) is 3.12. The Morgan fingerprint density at radius 3 is 2.55 bits per heavy atom. The van der Waals surface area contributed by atoms with Crippen LogP contribution in [0.4, 0.5) is 0 Å². The first-order valence-corrected chi connectivity index (χ1v) is 8.16. The van der Waals surface area contributed by atoms with Crippen molar-refractivity contribution in [1.82, 2.24) is 9.29 Å². The van der Waals surface area contributed by atoms with Gasteiger partial charge in [0.05, 0.1) is 9.74 Å². The molecule has 20 heavy (non-hydrogen) atoms. The van der Waals surface area contributed by atoms with Crippen molar-refractivity contribution in [1.29, 1.82) is 0 Å². The lowest BCUT2D eigenvalue weighted by Crippen LogP contribution is -2.43. The van der Waals surface area contributed by atoms with Gasteiger partial charge in [-0.15, -0.1) is 0 Å². The third kappa shape index (κ3) is 4.50. The minimum atomic E-state index is -3.44. The van der Waals surface area contributed by atoms with Crippen molar-refractivity contribution in [2.24, 2.45) is 5.73 Å². The third-order valence-corrected chi connectivity index (χ3v) is 5.55. The number of aromatic nitrogens is 1. The molecular formula is C13H21N3O2S2. The lowest BCUT2D eigenvalue weighted by Gasteiger charge is -2.29. The lowest BCUT2D eigenvalue weighted by molar-refractivity contribution is 0.397. The predicted molar refractivity (Wildman–Crippen MR) is 84.7 cm³/mol. The van der Waals surface area contributed by atoms with E-state index in [1.165, 1.54) is 4.31 Å². The van der Waals surface area contributed by atoms with Crippen LogP contribution in [0.2, 0.25) is 0 Å². The maximum absolute atomic E-state index is 12.6. The Hall–Kier alpha value is -1.05. The molecule has 0 bridgehead atoms. The zero-order valence-corrected chi connectivity index (χ0v) is 13.7. The lowest BCUT2D eigenvalue weighted by atomic mass is 10.3. The number of thiocarbonyl (C=S) groups is 1. The minimum Gasteiger partial charge on any atom is -0.393 e. The second kappa shape index (κ2) is 6.60. The standard InChI is InChI=1S/C13H21N3O2S2/c1-13(2,3)20(17,18)16(8-6-12(14)19)10-11-5-4-7-15-9-11/h4-5,7,9H,6,8,10H2,1-3H3,(H2,14,19). The van der Waals surface area contributed by atoms with Crippen LogP contribution in [0.15, 0.2) is 24.5 Å². The highest BCUT2D eigenvalue weighted by molar-refractivity contribution is 7.90. The molecule has 0 spiro atoms. The van der Waals surface area contributed by atoms with Crippen LogP contribution < -0.4 is 5.73 Å². The van der Waals surface area contributed by atoms with Crippen LogP contribution >= 0.6 is 12.2 Å². The number of hydrogen-bond acceptors (Lipinski definition) is 4. The summed E-state index contributed by atoms with van der Waals surface area (Å²) in [7, 11) is -3.44. The smallest absolute Gasteiger partial charge is 0.219 e. The molecule has 0 fully saturated rings. The minimum absolute atomic E-state index is 0.274. The van der Waals surface area contributed by atoms with Gasteiger partial charge in [0.1, 0.15) is 0 Å². The summed E-state index contributed by atoms with van der Waals surface area (Å²) in [6.07, 6.45) is 3.68. The highest BCUT2D eigenvalue weighted by Crippen LogP contribution is 2.22. The Labute approximate surface area is 126 Å². The van der Waals surface area contributed by atoms with E-state index in [1.807, 2.05) is 6.07 Å². The van der Waals surface area contributed by atoms with Gasteiger partial charge in [-0.2, -0.15) is 4.31 Å². The molecule has 0 saturated carbocycles. The van der Waals surface area contributed by atoms with E-state index >= 15 is 0 Å². The van der Waals surface area contributed by atoms with E-state index in [0.717, 1.165) is 5.56 Å². The number of nitrogens with zero attached hydrogens (tertiary/aromatic N) is 2. The van der Waals surface area contributed by atoms with Gasteiger partial charge in [-0.3, -0.25) is 4.98 Å². The summed E-state index contributed by atoms with van der Waals surface area (Å²) in [5.41, 5.74) is 6.32. The van der Waals surface area contributed by atoms with Crippen molar-refractivity contribution in [2.75, 3.05) is 6.54 Å². The average molecular weight is 315 g/mol. The first kappa shape index (κ1) is 17.0. The molecule has 112 valence electrons. The SMILES string of the molecule is CC(C)(C)S(=O)(=O)N(CCC(N)=S)Cc1cccnc1. The fraction of sp³-hybridized carbons (Fsp3) is 0.538. The largest absolute Gasteiger partial charge is 0.393 e. The number of rotatable bonds is 6. The molecule has 0 unspecified atom stereocenters. The van der Waals surface area contributed by atoms with E-state index in [9.17, 15) is 8.42 Å². The first-order chi connectivity index (χ1) is 9.14. The summed E-state index contributed by atoms with van der Waals surface area (Å²) < 4.78 is 25.7. The highest BCUT2D eigenvalue weighted by atomic mass is 32.2. The zero-order chi connectivity index (χ0) is 15.4. The number of pyridine rings is 1. The van der Waals surface area contributed by atoms with Gasteiger partial charge in [0, 0.05) is 31.9 Å². The summed E-state index contributed by atoms with van der Waals surface area (Å²) in [6.45, 7) is 5.60. The van der Waals surface area contributed by atoms with Crippen LogP contribution in [0.3, 0.4) is 0 Å². The Morgan fingerprint density at radius 1 is 1.45 bits per heavy atom. The Morgan fingerprint density at radius 2 is 2.10 bits per heavy atom. The van der Waals surface area contributed by atoms with Crippen molar-refractivity contribution >= 4 is 27.2 Å². The molecule has 0 atom stereocenters. The molecule has 0 amide bonds. The fourth-order valence-electron chi connectivity index (χ4n) is 1.60. The van der Waals surface area contributed by atoms with Crippen LogP contribution in [-0.2, 0) is 16.6 Å². The molecule has 1 rings (SSSR count). The van der Waals surface area contributed by atoms with Gasteiger partial charge >= 0.3 is 0 Å². The van der Waals surface area contributed by atoms with Crippen molar-refractivity contribution in [3.05, 3.63) is 30.1 Å². The van der Waals surface area contributed by atoms with E-state index in [0.29, 0.717) is 11.4 Å². The molecule has 0 aliphatic rings. The number of nitrogens with two attached hydrogens (primary N) is 1. The molecule has 1 aromatic heterocycles. The number of hydrogen-bond donors (Lipinski definition) is 1. The van der Waals surface area contributed by atoms with Gasteiger partial charge in [0.15, 0.2) is 0 Å². The quantitative estimate of drug-likeness (QED) is 0.808. The molecule has 0 radical (unpaired) electrons. The van der Waals surface area contributed by atoms with E-state index in [2.05, 4.69) is 4.98 Å². The molecule has 0 aliphatic carbocycles. The molecule has 0 aliphatic heterocycles. The zero-order valence-electron chi connectivity index (χ0n) is 12.0. The molecule has 0 saturated heterocycles. The summed E-state index contributed by atoms with van der Waals surface area (Å²) in [5, 5.41) is 0. The topological polar surface area (TPSA) is 76.3 Å². The van der Waals surface area contributed by atoms with Crippen LogP contribution in [0.1, 0.15) is 32.8 Å². The van der Waals surface area contributed by atoms with Crippen molar-refractivity contribution in [3.8, 4) is 0 Å². The van der Waals surface area contributed by atoms with Gasteiger partial charge in [-0.25, -0.2) is 8.42 Å². The van der Waals surface area contributed by atoms with Gasteiger partial charge in [0.25, 0.3) is 0 Å². The molecule has 1 heterocycles. The van der Waals surface area contributed by atoms with Crippen LogP contribution in [0.25, 0.3) is 0 Å². The maximum atomic E-state index is 12.6. The monoisotopic (exact) mass is 315 g/mol. The molecule has 1 aromatic rings. The third-order valence-electron chi connectivity index (χ3n) is 2.80. The number of sulfonamides is 1. The van der Waals surface area contributed by atoms with Crippen LogP contribution in [-0.4, -0.2) is 34.0 Å². The molecular weight excluding hydrogens is 294 g/mol. The van der Waals surface area contributed by atoms with Gasteiger partial charge in [-0.05, 0) is 32.4 Å². The first-order valence-electron chi connectivity index (χ1n) is 6.31. The van der Waals surface area contributed by atoms with Crippen molar-refractivity contribution in [2.45, 2.75) is 38.5 Å². The maximum Gasteiger partial charge on any atom is 0.219 e. The van der Waals surface area contributed by atoms with Crippen molar-refractivity contribution in [3.63, 3.8) is 0 Å². The predicted octanol–water partition coefficient (Wildman–Crippen LogP) is 1.69. The molecule has 2 N–H and O–H groups in total. The second-order valence-electron chi connectivity index (χ2n) is 5.53. The normalized spacial score (nSPS) is 12.6. The summed E-state index contributed by atoms with van der Waals surface area (Å²) in [5.74, 6) is 0. The summed E-state index contributed by atoms with van der Waals surface area (Å²) >= 11 is 4.84. The average Bonchev–Trinajstić information content (AvgIpc) is 2.33. The van der Waals surface area contributed by atoms with E-state index in [4.69, 9.17) is 18.0 Å². The molecule has 5 nitrogen and oxygen atoms in total. The summed E-state index contributed by atoms with van der Waals surface area (Å²) in [6, 6.07) is 3.63. The second-order valence-corrected chi connectivity index (χ2v) is 8.74. The van der Waals surface area contributed by atoms with Crippen LogP contribution in [0, 0.1) is 0 Å². The van der Waals surface area contributed by atoms with Crippen LogP contribution in [0.5, 0.6) is 0 Å².